The molecule has 1 atom stereocenters. The summed E-state index contributed by atoms with van der Waals surface area (Å²) in [5.74, 6) is 1.42. The molecule has 2 aromatic heterocycles. The summed E-state index contributed by atoms with van der Waals surface area (Å²) >= 11 is 11.9. The van der Waals surface area contributed by atoms with Gasteiger partial charge in [0.1, 0.15) is 5.82 Å². The number of anilines is 1. The Bertz CT molecular complexity index is 989. The van der Waals surface area contributed by atoms with Crippen LogP contribution in [0.1, 0.15) is 22.6 Å². The van der Waals surface area contributed by atoms with E-state index in [1.54, 1.807) is 24.4 Å². The van der Waals surface area contributed by atoms with Crippen LogP contribution in [-0.2, 0) is 0 Å². The van der Waals surface area contributed by atoms with Crippen LogP contribution in [0.5, 0.6) is 0 Å². The lowest BCUT2D eigenvalue weighted by molar-refractivity contribution is 0.0940. The summed E-state index contributed by atoms with van der Waals surface area (Å²) in [7, 11) is 0. The summed E-state index contributed by atoms with van der Waals surface area (Å²) in [6.07, 6.45) is 4.40. The van der Waals surface area contributed by atoms with E-state index in [9.17, 15) is 4.79 Å². The van der Waals surface area contributed by atoms with E-state index in [4.69, 9.17) is 23.2 Å². The Hall–Kier alpha value is -2.38. The van der Waals surface area contributed by atoms with Gasteiger partial charge in [-0.1, -0.05) is 23.2 Å². The number of rotatable bonds is 3. The first-order valence-electron chi connectivity index (χ1n) is 8.20. The van der Waals surface area contributed by atoms with Crippen LogP contribution < -0.4 is 10.2 Å². The standard InChI is InChI=1S/C17H16Cl2N6O/c1-10-22-23-16-15(20-5-7-25(10)16)24-6-4-12(9-24)21-17(26)11-2-3-13(18)14(19)8-11/h2-3,5,7-8,12H,4,6,9H2,1H3,(H,21,26)/t12-/m0/s1. The second-order valence-electron chi connectivity index (χ2n) is 6.23. The molecule has 1 fully saturated rings. The zero-order valence-corrected chi connectivity index (χ0v) is 15.5. The molecular formula is C17H16Cl2N6O. The molecule has 0 radical (unpaired) electrons. The summed E-state index contributed by atoms with van der Waals surface area (Å²) in [4.78, 5) is 19.0. The molecule has 1 N–H and O–H groups in total. The van der Waals surface area contributed by atoms with Crippen molar-refractivity contribution in [1.29, 1.82) is 0 Å². The van der Waals surface area contributed by atoms with E-state index in [1.807, 2.05) is 17.5 Å². The summed E-state index contributed by atoms with van der Waals surface area (Å²) in [6.45, 7) is 3.34. The predicted molar refractivity (Wildman–Crippen MR) is 100 cm³/mol. The molecule has 26 heavy (non-hydrogen) atoms. The number of hydrogen-bond donors (Lipinski definition) is 1. The van der Waals surface area contributed by atoms with Crippen molar-refractivity contribution in [3.63, 3.8) is 0 Å². The number of nitrogens with zero attached hydrogens (tertiary/aromatic N) is 5. The van der Waals surface area contributed by atoms with Crippen molar-refractivity contribution in [2.24, 2.45) is 0 Å². The second kappa shape index (κ2) is 6.74. The van der Waals surface area contributed by atoms with Crippen LogP contribution in [0.25, 0.3) is 5.65 Å². The van der Waals surface area contributed by atoms with Gasteiger partial charge >= 0.3 is 0 Å². The quantitative estimate of drug-likeness (QED) is 0.743. The molecule has 0 aliphatic carbocycles. The average Bonchev–Trinajstić information content (AvgIpc) is 3.24. The topological polar surface area (TPSA) is 75.4 Å². The van der Waals surface area contributed by atoms with Crippen molar-refractivity contribution in [3.8, 4) is 0 Å². The van der Waals surface area contributed by atoms with Gasteiger partial charge < -0.3 is 10.2 Å². The number of amides is 1. The van der Waals surface area contributed by atoms with Crippen molar-refractivity contribution < 1.29 is 4.79 Å². The zero-order chi connectivity index (χ0) is 18.3. The van der Waals surface area contributed by atoms with Gasteiger partial charge in [0, 0.05) is 37.1 Å². The Kier molecular flexibility index (Phi) is 4.42. The molecule has 1 aliphatic rings. The Morgan fingerprint density at radius 3 is 2.92 bits per heavy atom. The highest BCUT2D eigenvalue weighted by Gasteiger charge is 2.27. The summed E-state index contributed by atoms with van der Waals surface area (Å²) < 4.78 is 1.91. The summed E-state index contributed by atoms with van der Waals surface area (Å²) in [5.41, 5.74) is 1.22. The van der Waals surface area contributed by atoms with Crippen LogP contribution >= 0.6 is 23.2 Å². The maximum atomic E-state index is 12.4. The number of aryl methyl sites for hydroxylation is 1. The van der Waals surface area contributed by atoms with Gasteiger partial charge in [0.25, 0.3) is 5.91 Å². The van der Waals surface area contributed by atoms with E-state index in [2.05, 4.69) is 25.4 Å². The normalized spacial score (nSPS) is 17.0. The van der Waals surface area contributed by atoms with E-state index in [0.29, 0.717) is 22.2 Å². The molecule has 9 heteroatoms. The van der Waals surface area contributed by atoms with Crippen molar-refractivity contribution in [1.82, 2.24) is 24.9 Å². The Balaban J connectivity index is 1.48. The first-order chi connectivity index (χ1) is 12.5. The molecule has 0 unspecified atom stereocenters. The molecule has 0 saturated carbocycles. The number of carbonyl (C=O) groups is 1. The summed E-state index contributed by atoms with van der Waals surface area (Å²) in [5, 5.41) is 12.1. The minimum Gasteiger partial charge on any atom is -0.351 e. The van der Waals surface area contributed by atoms with E-state index < -0.39 is 0 Å². The van der Waals surface area contributed by atoms with Gasteiger partial charge in [-0.05, 0) is 31.5 Å². The van der Waals surface area contributed by atoms with E-state index >= 15 is 0 Å². The maximum absolute atomic E-state index is 12.4. The van der Waals surface area contributed by atoms with Crippen LogP contribution in [0.4, 0.5) is 5.82 Å². The molecule has 1 amide bonds. The number of aromatic nitrogens is 4. The van der Waals surface area contributed by atoms with Gasteiger partial charge in [-0.25, -0.2) is 4.98 Å². The van der Waals surface area contributed by atoms with Crippen LogP contribution in [0, 0.1) is 6.92 Å². The van der Waals surface area contributed by atoms with Gasteiger partial charge in [-0.15, -0.1) is 10.2 Å². The fraction of sp³-hybridized carbons (Fsp3) is 0.294. The van der Waals surface area contributed by atoms with E-state index in [1.165, 1.54) is 0 Å². The monoisotopic (exact) mass is 390 g/mol. The molecular weight excluding hydrogens is 375 g/mol. The molecule has 3 aromatic rings. The molecule has 1 aliphatic heterocycles. The fourth-order valence-corrected chi connectivity index (χ4v) is 3.43. The van der Waals surface area contributed by atoms with E-state index in [0.717, 1.165) is 30.3 Å². The van der Waals surface area contributed by atoms with E-state index in [-0.39, 0.29) is 11.9 Å². The lowest BCUT2D eigenvalue weighted by Gasteiger charge is -2.18. The van der Waals surface area contributed by atoms with Crippen LogP contribution in [0.3, 0.4) is 0 Å². The Labute approximate surface area is 159 Å². The lowest BCUT2D eigenvalue weighted by atomic mass is 10.2. The van der Waals surface area contributed by atoms with Gasteiger partial charge in [0.15, 0.2) is 5.82 Å². The predicted octanol–water partition coefficient (Wildman–Crippen LogP) is 2.75. The molecule has 3 heterocycles. The van der Waals surface area contributed by atoms with Gasteiger partial charge in [-0.3, -0.25) is 9.20 Å². The first kappa shape index (κ1) is 17.1. The molecule has 1 saturated heterocycles. The van der Waals surface area contributed by atoms with Gasteiger partial charge in [0.05, 0.1) is 10.0 Å². The van der Waals surface area contributed by atoms with Gasteiger partial charge in [0.2, 0.25) is 5.65 Å². The number of halogens is 2. The number of nitrogens with one attached hydrogen (secondary N) is 1. The fourth-order valence-electron chi connectivity index (χ4n) is 3.13. The first-order valence-corrected chi connectivity index (χ1v) is 8.96. The minimum atomic E-state index is -0.167. The SMILES string of the molecule is Cc1nnc2c(N3CC[C@H](NC(=O)c4ccc(Cl)c(Cl)c4)C3)nccn12. The number of carbonyl (C=O) groups excluding carboxylic acids is 1. The smallest absolute Gasteiger partial charge is 0.251 e. The molecule has 1 aromatic carbocycles. The number of hydrogen-bond acceptors (Lipinski definition) is 5. The van der Waals surface area contributed by atoms with Crippen LogP contribution in [0.2, 0.25) is 10.0 Å². The van der Waals surface area contributed by atoms with Gasteiger partial charge in [-0.2, -0.15) is 0 Å². The summed E-state index contributed by atoms with van der Waals surface area (Å²) in [6, 6.07) is 4.88. The van der Waals surface area contributed by atoms with Crippen molar-refractivity contribution >= 4 is 40.6 Å². The van der Waals surface area contributed by atoms with Crippen molar-refractivity contribution in [2.45, 2.75) is 19.4 Å². The minimum absolute atomic E-state index is 0.0167. The number of fused-ring (bicyclic) bond motifs is 1. The average molecular weight is 391 g/mol. The highest BCUT2D eigenvalue weighted by Crippen LogP contribution is 2.24. The third kappa shape index (κ3) is 3.08. The molecule has 134 valence electrons. The van der Waals surface area contributed by atoms with Crippen molar-refractivity contribution in [2.75, 3.05) is 18.0 Å². The zero-order valence-electron chi connectivity index (χ0n) is 14.0. The van der Waals surface area contributed by atoms with Crippen LogP contribution in [0.15, 0.2) is 30.6 Å². The third-order valence-corrected chi connectivity index (χ3v) is 5.22. The molecule has 0 spiro atoms. The largest absolute Gasteiger partial charge is 0.351 e. The highest BCUT2D eigenvalue weighted by molar-refractivity contribution is 6.42. The van der Waals surface area contributed by atoms with Crippen LogP contribution in [-0.4, -0.2) is 44.6 Å². The third-order valence-electron chi connectivity index (χ3n) is 4.48. The Morgan fingerprint density at radius 1 is 1.27 bits per heavy atom. The Morgan fingerprint density at radius 2 is 2.12 bits per heavy atom. The maximum Gasteiger partial charge on any atom is 0.251 e. The molecule has 4 rings (SSSR count). The number of benzene rings is 1. The molecule has 0 bridgehead atoms. The lowest BCUT2D eigenvalue weighted by Crippen LogP contribution is -2.37. The molecule has 7 nitrogen and oxygen atoms in total. The highest BCUT2D eigenvalue weighted by atomic mass is 35.5. The second-order valence-corrected chi connectivity index (χ2v) is 7.04. The van der Waals surface area contributed by atoms with Crippen molar-refractivity contribution in [3.05, 3.63) is 52.0 Å².